The molecule has 0 amide bonds. The van der Waals surface area contributed by atoms with Crippen molar-refractivity contribution < 1.29 is 5.11 Å². The van der Waals surface area contributed by atoms with Gasteiger partial charge in [-0.15, -0.1) is 0 Å². The van der Waals surface area contributed by atoms with Crippen LogP contribution in [0.5, 0.6) is 0 Å². The average Bonchev–Trinajstić information content (AvgIpc) is 2.12. The minimum atomic E-state index is -0.197. The van der Waals surface area contributed by atoms with Gasteiger partial charge >= 0.3 is 0 Å². The minimum absolute atomic E-state index is 0.0821. The highest BCUT2D eigenvalue weighted by Gasteiger charge is 2.34. The molecule has 76 valence electrons. The van der Waals surface area contributed by atoms with E-state index in [-0.39, 0.29) is 11.5 Å². The second kappa shape index (κ2) is 3.09. The third-order valence-corrected chi connectivity index (χ3v) is 3.48. The van der Waals surface area contributed by atoms with Crippen LogP contribution in [-0.4, -0.2) is 11.2 Å². The zero-order chi connectivity index (χ0) is 10.3. The molecule has 1 aromatic carbocycles. The molecule has 0 saturated carbocycles. The summed E-state index contributed by atoms with van der Waals surface area (Å²) in [6, 6.07) is 6.56. The number of aryl methyl sites for hydroxylation is 2. The molecule has 0 radical (unpaired) electrons. The Morgan fingerprint density at radius 1 is 1.36 bits per heavy atom. The van der Waals surface area contributed by atoms with Crippen molar-refractivity contribution in [1.29, 1.82) is 0 Å². The van der Waals surface area contributed by atoms with Gasteiger partial charge in [-0.3, -0.25) is 0 Å². The van der Waals surface area contributed by atoms with E-state index in [0.717, 1.165) is 12.8 Å². The SMILES string of the molecule is Cc1ccc2c(c1)CCC(O)C2(C)C. The molecule has 1 nitrogen and oxygen atoms in total. The van der Waals surface area contributed by atoms with Crippen LogP contribution in [0.4, 0.5) is 0 Å². The van der Waals surface area contributed by atoms with Crippen LogP contribution in [0, 0.1) is 6.92 Å². The van der Waals surface area contributed by atoms with Crippen LogP contribution in [0.1, 0.15) is 37.0 Å². The summed E-state index contributed by atoms with van der Waals surface area (Å²) in [6.45, 7) is 6.38. The van der Waals surface area contributed by atoms with E-state index in [1.54, 1.807) is 0 Å². The largest absolute Gasteiger partial charge is 0.392 e. The number of hydrogen-bond donors (Lipinski definition) is 1. The number of aliphatic hydroxyl groups excluding tert-OH is 1. The number of fused-ring (bicyclic) bond motifs is 1. The van der Waals surface area contributed by atoms with Crippen molar-refractivity contribution in [2.45, 2.75) is 45.1 Å². The number of benzene rings is 1. The van der Waals surface area contributed by atoms with Gasteiger partial charge in [0.2, 0.25) is 0 Å². The first kappa shape index (κ1) is 9.72. The molecule has 0 saturated heterocycles. The van der Waals surface area contributed by atoms with Gasteiger partial charge in [0.1, 0.15) is 0 Å². The average molecular weight is 190 g/mol. The van der Waals surface area contributed by atoms with E-state index in [0.29, 0.717) is 0 Å². The van der Waals surface area contributed by atoms with E-state index in [4.69, 9.17) is 0 Å². The Bertz CT molecular complexity index is 352. The zero-order valence-corrected chi connectivity index (χ0v) is 9.17. The van der Waals surface area contributed by atoms with Crippen LogP contribution < -0.4 is 0 Å². The van der Waals surface area contributed by atoms with Crippen molar-refractivity contribution in [3.63, 3.8) is 0 Å². The monoisotopic (exact) mass is 190 g/mol. The smallest absolute Gasteiger partial charge is 0.0634 e. The van der Waals surface area contributed by atoms with Crippen molar-refractivity contribution in [3.8, 4) is 0 Å². The van der Waals surface area contributed by atoms with Gasteiger partial charge in [-0.05, 0) is 30.9 Å². The molecule has 1 atom stereocenters. The maximum atomic E-state index is 9.95. The van der Waals surface area contributed by atoms with Crippen molar-refractivity contribution in [2.24, 2.45) is 0 Å². The molecule has 0 fully saturated rings. The third kappa shape index (κ3) is 1.36. The summed E-state index contributed by atoms with van der Waals surface area (Å²) < 4.78 is 0. The number of rotatable bonds is 0. The quantitative estimate of drug-likeness (QED) is 0.666. The Morgan fingerprint density at radius 2 is 2.07 bits per heavy atom. The lowest BCUT2D eigenvalue weighted by atomic mass is 9.70. The minimum Gasteiger partial charge on any atom is -0.392 e. The van der Waals surface area contributed by atoms with Crippen LogP contribution in [0.25, 0.3) is 0 Å². The van der Waals surface area contributed by atoms with E-state index in [9.17, 15) is 5.11 Å². The van der Waals surface area contributed by atoms with Crippen LogP contribution in [0.15, 0.2) is 18.2 Å². The molecule has 0 spiro atoms. The fourth-order valence-corrected chi connectivity index (χ4v) is 2.39. The zero-order valence-electron chi connectivity index (χ0n) is 9.17. The molecule has 1 N–H and O–H groups in total. The summed E-state index contributed by atoms with van der Waals surface area (Å²) in [4.78, 5) is 0. The Balaban J connectivity index is 2.53. The van der Waals surface area contributed by atoms with E-state index in [1.165, 1.54) is 16.7 Å². The maximum Gasteiger partial charge on any atom is 0.0634 e. The second-order valence-corrected chi connectivity index (χ2v) is 4.94. The van der Waals surface area contributed by atoms with Crippen LogP contribution in [-0.2, 0) is 11.8 Å². The van der Waals surface area contributed by atoms with Gasteiger partial charge in [0.15, 0.2) is 0 Å². The Hall–Kier alpha value is -0.820. The molecule has 1 aromatic rings. The standard InChI is InChI=1S/C13H18O/c1-9-4-6-11-10(8-9)5-7-12(14)13(11,2)3/h4,6,8,12,14H,5,7H2,1-3H3. The molecular weight excluding hydrogens is 172 g/mol. The number of hydrogen-bond acceptors (Lipinski definition) is 1. The lowest BCUT2D eigenvalue weighted by Crippen LogP contribution is -2.38. The lowest BCUT2D eigenvalue weighted by Gasteiger charge is -2.37. The van der Waals surface area contributed by atoms with Crippen molar-refractivity contribution in [3.05, 3.63) is 34.9 Å². The highest BCUT2D eigenvalue weighted by Crippen LogP contribution is 2.37. The molecule has 1 aliphatic rings. The third-order valence-electron chi connectivity index (χ3n) is 3.48. The molecule has 2 rings (SSSR count). The molecule has 0 aromatic heterocycles. The Kier molecular flexibility index (Phi) is 2.15. The first-order valence-electron chi connectivity index (χ1n) is 5.30. The van der Waals surface area contributed by atoms with E-state index < -0.39 is 0 Å². The van der Waals surface area contributed by atoms with Gasteiger partial charge < -0.3 is 5.11 Å². The van der Waals surface area contributed by atoms with Crippen LogP contribution >= 0.6 is 0 Å². The Morgan fingerprint density at radius 3 is 2.79 bits per heavy atom. The Labute approximate surface area is 85.8 Å². The van der Waals surface area contributed by atoms with Gasteiger partial charge in [-0.2, -0.15) is 0 Å². The molecule has 1 heteroatoms. The van der Waals surface area contributed by atoms with Crippen molar-refractivity contribution in [2.75, 3.05) is 0 Å². The maximum absolute atomic E-state index is 9.95. The summed E-state index contributed by atoms with van der Waals surface area (Å²) in [5, 5.41) is 9.95. The fraction of sp³-hybridized carbons (Fsp3) is 0.538. The summed E-state index contributed by atoms with van der Waals surface area (Å²) in [7, 11) is 0. The predicted octanol–water partition coefficient (Wildman–Crippen LogP) is 2.58. The van der Waals surface area contributed by atoms with Crippen molar-refractivity contribution in [1.82, 2.24) is 0 Å². The molecule has 1 unspecified atom stereocenters. The molecule has 0 heterocycles. The normalized spacial score (nSPS) is 24.4. The van der Waals surface area contributed by atoms with E-state index >= 15 is 0 Å². The van der Waals surface area contributed by atoms with Gasteiger partial charge in [0.25, 0.3) is 0 Å². The van der Waals surface area contributed by atoms with Gasteiger partial charge in [-0.1, -0.05) is 37.6 Å². The summed E-state index contributed by atoms with van der Waals surface area (Å²) in [5.41, 5.74) is 3.97. The number of aliphatic hydroxyl groups is 1. The summed E-state index contributed by atoms with van der Waals surface area (Å²) >= 11 is 0. The van der Waals surface area contributed by atoms with Gasteiger partial charge in [0, 0.05) is 5.41 Å². The van der Waals surface area contributed by atoms with Gasteiger partial charge in [-0.25, -0.2) is 0 Å². The van der Waals surface area contributed by atoms with Crippen LogP contribution in [0.3, 0.4) is 0 Å². The van der Waals surface area contributed by atoms with E-state index in [1.807, 2.05) is 0 Å². The predicted molar refractivity (Wildman–Crippen MR) is 58.5 cm³/mol. The summed E-state index contributed by atoms with van der Waals surface area (Å²) in [5.74, 6) is 0. The molecule has 0 bridgehead atoms. The van der Waals surface area contributed by atoms with Gasteiger partial charge in [0.05, 0.1) is 6.10 Å². The summed E-state index contributed by atoms with van der Waals surface area (Å²) in [6.07, 6.45) is 1.71. The van der Waals surface area contributed by atoms with E-state index in [2.05, 4.69) is 39.0 Å². The molecule has 1 aliphatic carbocycles. The highest BCUT2D eigenvalue weighted by atomic mass is 16.3. The van der Waals surface area contributed by atoms with Crippen LogP contribution in [0.2, 0.25) is 0 Å². The van der Waals surface area contributed by atoms with Crippen molar-refractivity contribution >= 4 is 0 Å². The molecule has 0 aliphatic heterocycles. The highest BCUT2D eigenvalue weighted by molar-refractivity contribution is 5.39. The molecular formula is C13H18O. The molecule has 14 heavy (non-hydrogen) atoms. The lowest BCUT2D eigenvalue weighted by molar-refractivity contribution is 0.0831. The fourth-order valence-electron chi connectivity index (χ4n) is 2.39. The first-order valence-corrected chi connectivity index (χ1v) is 5.30. The topological polar surface area (TPSA) is 20.2 Å². The first-order chi connectivity index (χ1) is 6.51. The second-order valence-electron chi connectivity index (χ2n) is 4.94.